The zero-order chi connectivity index (χ0) is 12.4. The second kappa shape index (κ2) is 5.42. The molecule has 1 atom stereocenters. The second-order valence-electron chi connectivity index (χ2n) is 3.84. The van der Waals surface area contributed by atoms with Gasteiger partial charge in [-0.15, -0.1) is 0 Å². The summed E-state index contributed by atoms with van der Waals surface area (Å²) in [5.74, 6) is 1.82. The number of hydrogen-bond acceptors (Lipinski definition) is 2. The van der Waals surface area contributed by atoms with E-state index in [0.717, 1.165) is 22.1 Å². The molecule has 2 rings (SSSR count). The standard InChI is InChI=1S/C13H13ClINO/c1-8-3-6-12(17-8)13(16-2)10-7-9(14)4-5-11(10)15/h3-7,13,16H,1-2H3. The van der Waals surface area contributed by atoms with Gasteiger partial charge in [0.2, 0.25) is 0 Å². The number of halogens is 2. The van der Waals surface area contributed by atoms with Crippen molar-refractivity contribution in [1.82, 2.24) is 5.32 Å². The van der Waals surface area contributed by atoms with Crippen molar-refractivity contribution in [2.24, 2.45) is 0 Å². The van der Waals surface area contributed by atoms with E-state index in [1.165, 1.54) is 3.57 Å². The van der Waals surface area contributed by atoms with Crippen LogP contribution in [0.2, 0.25) is 5.02 Å². The van der Waals surface area contributed by atoms with E-state index >= 15 is 0 Å². The number of aryl methyl sites for hydroxylation is 1. The van der Waals surface area contributed by atoms with E-state index in [0.29, 0.717) is 0 Å². The SMILES string of the molecule is CNC(c1ccc(C)o1)c1cc(Cl)ccc1I. The normalized spacial score (nSPS) is 12.7. The van der Waals surface area contributed by atoms with Crippen LogP contribution in [0.4, 0.5) is 0 Å². The molecule has 0 amide bonds. The van der Waals surface area contributed by atoms with Gasteiger partial charge >= 0.3 is 0 Å². The maximum absolute atomic E-state index is 6.05. The first-order chi connectivity index (χ1) is 8.11. The van der Waals surface area contributed by atoms with Crippen LogP contribution in [0.5, 0.6) is 0 Å². The van der Waals surface area contributed by atoms with Crippen molar-refractivity contribution in [2.75, 3.05) is 7.05 Å². The molecule has 1 unspecified atom stereocenters. The minimum Gasteiger partial charge on any atom is -0.464 e. The Kier molecular flexibility index (Phi) is 4.12. The van der Waals surface area contributed by atoms with Crippen molar-refractivity contribution < 1.29 is 4.42 Å². The summed E-state index contributed by atoms with van der Waals surface area (Å²) in [5, 5.41) is 4.00. The Morgan fingerprint density at radius 2 is 2.06 bits per heavy atom. The van der Waals surface area contributed by atoms with Crippen LogP contribution in [0.25, 0.3) is 0 Å². The van der Waals surface area contributed by atoms with E-state index in [1.54, 1.807) is 0 Å². The number of furan rings is 1. The van der Waals surface area contributed by atoms with E-state index in [9.17, 15) is 0 Å². The average molecular weight is 362 g/mol. The fourth-order valence-corrected chi connectivity index (χ4v) is 2.62. The van der Waals surface area contributed by atoms with Gasteiger partial charge in [-0.25, -0.2) is 0 Å². The lowest BCUT2D eigenvalue weighted by Crippen LogP contribution is -2.18. The predicted molar refractivity (Wildman–Crippen MR) is 78.5 cm³/mol. The molecule has 0 aliphatic rings. The molecule has 1 aromatic carbocycles. The molecule has 1 heterocycles. The highest BCUT2D eigenvalue weighted by molar-refractivity contribution is 14.1. The topological polar surface area (TPSA) is 25.2 Å². The highest BCUT2D eigenvalue weighted by Crippen LogP contribution is 2.29. The Morgan fingerprint density at radius 1 is 1.29 bits per heavy atom. The first-order valence-corrected chi connectivity index (χ1v) is 6.76. The minimum absolute atomic E-state index is 0.0364. The minimum atomic E-state index is 0.0364. The van der Waals surface area contributed by atoms with E-state index in [1.807, 2.05) is 44.3 Å². The van der Waals surface area contributed by atoms with Crippen LogP contribution in [0.1, 0.15) is 23.1 Å². The molecule has 90 valence electrons. The van der Waals surface area contributed by atoms with Crippen molar-refractivity contribution in [1.29, 1.82) is 0 Å². The Morgan fingerprint density at radius 3 is 2.65 bits per heavy atom. The van der Waals surface area contributed by atoms with E-state index in [2.05, 4.69) is 27.9 Å². The van der Waals surface area contributed by atoms with Crippen LogP contribution in [-0.4, -0.2) is 7.05 Å². The summed E-state index contributed by atoms with van der Waals surface area (Å²) in [6.07, 6.45) is 0. The van der Waals surface area contributed by atoms with Crippen molar-refractivity contribution in [3.8, 4) is 0 Å². The van der Waals surface area contributed by atoms with Crippen molar-refractivity contribution in [3.63, 3.8) is 0 Å². The maximum atomic E-state index is 6.05. The molecule has 0 radical (unpaired) electrons. The Balaban J connectivity index is 2.45. The average Bonchev–Trinajstić information content (AvgIpc) is 2.71. The van der Waals surface area contributed by atoms with Gasteiger partial charge in [-0.2, -0.15) is 0 Å². The monoisotopic (exact) mass is 361 g/mol. The van der Waals surface area contributed by atoms with Crippen LogP contribution >= 0.6 is 34.2 Å². The molecule has 4 heteroatoms. The van der Waals surface area contributed by atoms with Gasteiger partial charge in [0.1, 0.15) is 11.5 Å². The van der Waals surface area contributed by atoms with Crippen molar-refractivity contribution in [2.45, 2.75) is 13.0 Å². The summed E-state index contributed by atoms with van der Waals surface area (Å²) in [4.78, 5) is 0. The quantitative estimate of drug-likeness (QED) is 0.831. The molecule has 0 saturated carbocycles. The van der Waals surface area contributed by atoms with Crippen molar-refractivity contribution >= 4 is 34.2 Å². The Hall–Kier alpha value is -0.520. The Bertz CT molecular complexity index is 524. The van der Waals surface area contributed by atoms with Gasteiger partial charge in [0, 0.05) is 8.59 Å². The van der Waals surface area contributed by atoms with Gasteiger partial charge in [-0.1, -0.05) is 11.6 Å². The third kappa shape index (κ3) is 2.84. The van der Waals surface area contributed by atoms with Gasteiger partial charge < -0.3 is 9.73 Å². The van der Waals surface area contributed by atoms with Gasteiger partial charge in [0.25, 0.3) is 0 Å². The predicted octanol–water partition coefficient (Wildman–Crippen LogP) is 4.15. The van der Waals surface area contributed by atoms with Crippen LogP contribution in [0.15, 0.2) is 34.7 Å². The third-order valence-electron chi connectivity index (χ3n) is 2.60. The first-order valence-electron chi connectivity index (χ1n) is 5.30. The first kappa shape index (κ1) is 12.9. The summed E-state index contributed by atoms with van der Waals surface area (Å²) in [6, 6.07) is 9.88. The molecule has 0 fully saturated rings. The molecule has 0 saturated heterocycles. The van der Waals surface area contributed by atoms with E-state index < -0.39 is 0 Å². The van der Waals surface area contributed by atoms with Crippen molar-refractivity contribution in [3.05, 3.63) is 56.0 Å². The molecule has 1 aromatic heterocycles. The lowest BCUT2D eigenvalue weighted by atomic mass is 10.1. The molecule has 1 N–H and O–H groups in total. The van der Waals surface area contributed by atoms with E-state index in [4.69, 9.17) is 16.0 Å². The van der Waals surface area contributed by atoms with Gasteiger partial charge in [0.15, 0.2) is 0 Å². The highest BCUT2D eigenvalue weighted by Gasteiger charge is 2.18. The maximum Gasteiger partial charge on any atom is 0.125 e. The lowest BCUT2D eigenvalue weighted by molar-refractivity contribution is 0.443. The van der Waals surface area contributed by atoms with Gasteiger partial charge in [0.05, 0.1) is 6.04 Å². The highest BCUT2D eigenvalue weighted by atomic mass is 127. The molecule has 2 aromatic rings. The van der Waals surface area contributed by atoms with Crippen LogP contribution in [-0.2, 0) is 0 Å². The van der Waals surface area contributed by atoms with E-state index in [-0.39, 0.29) is 6.04 Å². The number of benzene rings is 1. The number of nitrogens with one attached hydrogen (secondary N) is 1. The number of hydrogen-bond donors (Lipinski definition) is 1. The molecule has 17 heavy (non-hydrogen) atoms. The zero-order valence-electron chi connectivity index (χ0n) is 9.63. The smallest absolute Gasteiger partial charge is 0.125 e. The summed E-state index contributed by atoms with van der Waals surface area (Å²) in [7, 11) is 1.92. The summed E-state index contributed by atoms with van der Waals surface area (Å²) >= 11 is 8.36. The fourth-order valence-electron chi connectivity index (χ4n) is 1.80. The summed E-state index contributed by atoms with van der Waals surface area (Å²) in [5.41, 5.74) is 1.13. The largest absolute Gasteiger partial charge is 0.464 e. The third-order valence-corrected chi connectivity index (χ3v) is 3.82. The molecule has 0 aliphatic carbocycles. The number of rotatable bonds is 3. The Labute approximate surface area is 119 Å². The summed E-state index contributed by atoms with van der Waals surface area (Å²) < 4.78 is 6.84. The molecule has 0 aliphatic heterocycles. The van der Waals surface area contributed by atoms with Crippen LogP contribution in [0, 0.1) is 10.5 Å². The molecule has 0 bridgehead atoms. The zero-order valence-corrected chi connectivity index (χ0v) is 12.5. The molecular formula is C13H13ClINO. The van der Waals surface area contributed by atoms with Gasteiger partial charge in [-0.3, -0.25) is 0 Å². The fraction of sp³-hybridized carbons (Fsp3) is 0.231. The molecular weight excluding hydrogens is 349 g/mol. The van der Waals surface area contributed by atoms with Crippen LogP contribution < -0.4 is 5.32 Å². The molecule has 2 nitrogen and oxygen atoms in total. The van der Waals surface area contributed by atoms with Crippen LogP contribution in [0.3, 0.4) is 0 Å². The molecule has 0 spiro atoms. The van der Waals surface area contributed by atoms with Gasteiger partial charge in [-0.05, 0) is 72.5 Å². The second-order valence-corrected chi connectivity index (χ2v) is 5.43. The lowest BCUT2D eigenvalue weighted by Gasteiger charge is -2.16. The summed E-state index contributed by atoms with van der Waals surface area (Å²) in [6.45, 7) is 1.94.